The van der Waals surface area contributed by atoms with E-state index in [9.17, 15) is 4.79 Å². The number of unbranched alkanes of at least 4 members (excludes halogenated alkanes) is 11. The van der Waals surface area contributed by atoms with E-state index in [2.05, 4.69) is 12.2 Å². The summed E-state index contributed by atoms with van der Waals surface area (Å²) in [6.45, 7) is 4.99. The number of carbonyl (C=O) groups is 1. The van der Waals surface area contributed by atoms with Gasteiger partial charge in [-0.1, -0.05) is 84.5 Å². The first kappa shape index (κ1) is 20.4. The fourth-order valence-corrected chi connectivity index (χ4v) is 2.49. The van der Waals surface area contributed by atoms with Crippen molar-refractivity contribution in [2.24, 2.45) is 5.73 Å². The van der Waals surface area contributed by atoms with Crippen LogP contribution in [0.4, 0.5) is 0 Å². The number of hydrogen-bond acceptors (Lipinski definition) is 2. The molecule has 0 radical (unpaired) electrons. The fourth-order valence-electron chi connectivity index (χ4n) is 2.49. The van der Waals surface area contributed by atoms with Gasteiger partial charge in [0.15, 0.2) is 0 Å². The lowest BCUT2D eigenvalue weighted by molar-refractivity contribution is -0.122. The maximum atomic E-state index is 11.4. The normalized spacial score (nSPS) is 12.3. The van der Waals surface area contributed by atoms with E-state index in [1.165, 1.54) is 70.6 Å². The zero-order chi connectivity index (χ0) is 15.8. The van der Waals surface area contributed by atoms with Gasteiger partial charge in [0.05, 0.1) is 6.04 Å². The molecule has 21 heavy (non-hydrogen) atoms. The number of nitrogens with two attached hydrogens (primary N) is 1. The maximum Gasteiger partial charge on any atom is 0.236 e. The Morgan fingerprint density at radius 3 is 1.67 bits per heavy atom. The molecular weight excluding hydrogens is 260 g/mol. The lowest BCUT2D eigenvalue weighted by Gasteiger charge is -2.09. The lowest BCUT2D eigenvalue weighted by atomic mass is 10.1. The second-order valence-corrected chi connectivity index (χ2v) is 6.19. The molecule has 126 valence electrons. The van der Waals surface area contributed by atoms with Crippen LogP contribution in [0.3, 0.4) is 0 Å². The Hall–Kier alpha value is -0.570. The summed E-state index contributed by atoms with van der Waals surface area (Å²) in [5, 5.41) is 2.90. The van der Waals surface area contributed by atoms with Crippen LogP contribution in [0.5, 0.6) is 0 Å². The Bertz CT molecular complexity index is 231. The first-order valence-electron chi connectivity index (χ1n) is 9.25. The molecule has 0 heterocycles. The Labute approximate surface area is 132 Å². The lowest BCUT2D eigenvalue weighted by Crippen LogP contribution is -2.40. The van der Waals surface area contributed by atoms with Gasteiger partial charge in [-0.05, 0) is 12.8 Å². The number of rotatable bonds is 15. The molecule has 1 amide bonds. The van der Waals surface area contributed by atoms with E-state index in [1.807, 2.05) is 6.92 Å². The minimum Gasteiger partial charge on any atom is -0.355 e. The van der Waals surface area contributed by atoms with Crippen LogP contribution in [0.25, 0.3) is 0 Å². The summed E-state index contributed by atoms with van der Waals surface area (Å²) in [5.41, 5.74) is 5.65. The fraction of sp³-hybridized carbons (Fsp3) is 0.944. The molecule has 0 rings (SSSR count). The van der Waals surface area contributed by atoms with Crippen LogP contribution in [0.15, 0.2) is 0 Å². The van der Waals surface area contributed by atoms with Gasteiger partial charge in [0, 0.05) is 6.54 Å². The third kappa shape index (κ3) is 14.1. The number of amides is 1. The zero-order valence-electron chi connectivity index (χ0n) is 14.5. The summed E-state index contributed by atoms with van der Waals surface area (Å²) in [4.78, 5) is 11.4. The van der Waals surface area contributed by atoms with Crippen molar-refractivity contribution in [3.05, 3.63) is 0 Å². The van der Waals surface area contributed by atoms with Crippen molar-refractivity contribution in [2.45, 2.75) is 103 Å². The van der Waals surface area contributed by atoms with Gasteiger partial charge < -0.3 is 11.1 Å². The third-order valence-electron chi connectivity index (χ3n) is 4.11. The number of hydrogen-bond donors (Lipinski definition) is 2. The molecule has 3 nitrogen and oxygen atoms in total. The van der Waals surface area contributed by atoms with Crippen molar-refractivity contribution >= 4 is 5.91 Å². The smallest absolute Gasteiger partial charge is 0.236 e. The summed E-state index contributed by atoms with van der Waals surface area (Å²) in [6, 6.07) is -0.331. The van der Waals surface area contributed by atoms with Gasteiger partial charge in [-0.2, -0.15) is 0 Å². The first-order valence-corrected chi connectivity index (χ1v) is 9.25. The molecule has 0 saturated carbocycles. The Balaban J connectivity index is 3.11. The highest BCUT2D eigenvalue weighted by molar-refractivity contribution is 5.81. The van der Waals surface area contributed by atoms with Crippen LogP contribution in [0.2, 0.25) is 0 Å². The predicted molar refractivity (Wildman–Crippen MR) is 92.4 cm³/mol. The largest absolute Gasteiger partial charge is 0.355 e. The highest BCUT2D eigenvalue weighted by atomic mass is 16.2. The van der Waals surface area contributed by atoms with Crippen molar-refractivity contribution in [1.82, 2.24) is 5.32 Å². The van der Waals surface area contributed by atoms with Crippen molar-refractivity contribution in [3.8, 4) is 0 Å². The summed E-state index contributed by atoms with van der Waals surface area (Å²) in [6.07, 6.45) is 16.8. The molecular formula is C18H38N2O. The van der Waals surface area contributed by atoms with Crippen molar-refractivity contribution in [2.75, 3.05) is 6.54 Å². The topological polar surface area (TPSA) is 55.1 Å². The van der Waals surface area contributed by atoms with Crippen molar-refractivity contribution in [1.29, 1.82) is 0 Å². The van der Waals surface area contributed by atoms with Gasteiger partial charge in [-0.25, -0.2) is 0 Å². The minimum atomic E-state index is -0.331. The van der Waals surface area contributed by atoms with E-state index in [1.54, 1.807) is 0 Å². The Kier molecular flexibility index (Phi) is 15.4. The van der Waals surface area contributed by atoms with E-state index in [4.69, 9.17) is 5.73 Å². The molecule has 0 spiro atoms. The molecule has 1 atom stereocenters. The molecule has 0 saturated heterocycles. The molecule has 0 aliphatic carbocycles. The molecule has 0 aromatic carbocycles. The van der Waals surface area contributed by atoms with Crippen molar-refractivity contribution < 1.29 is 4.79 Å². The average Bonchev–Trinajstić information content (AvgIpc) is 2.50. The highest BCUT2D eigenvalue weighted by Gasteiger charge is 2.08. The molecule has 0 unspecified atom stereocenters. The first-order chi connectivity index (χ1) is 10.2. The minimum absolute atomic E-state index is 0.000531. The maximum absolute atomic E-state index is 11.4. The molecule has 0 aliphatic rings. The van der Waals surface area contributed by atoms with Crippen LogP contribution in [-0.4, -0.2) is 18.5 Å². The van der Waals surface area contributed by atoms with Crippen LogP contribution < -0.4 is 11.1 Å². The summed E-state index contributed by atoms with van der Waals surface area (Å²) >= 11 is 0. The van der Waals surface area contributed by atoms with Gasteiger partial charge >= 0.3 is 0 Å². The average molecular weight is 299 g/mol. The van der Waals surface area contributed by atoms with Gasteiger partial charge in [0.2, 0.25) is 5.91 Å². The molecule has 0 fully saturated rings. The molecule has 3 heteroatoms. The van der Waals surface area contributed by atoms with Gasteiger partial charge in [-0.3, -0.25) is 4.79 Å². The monoisotopic (exact) mass is 298 g/mol. The summed E-state index contributed by atoms with van der Waals surface area (Å²) in [5.74, 6) is 0.000531. The Morgan fingerprint density at radius 2 is 1.24 bits per heavy atom. The second kappa shape index (κ2) is 15.8. The zero-order valence-corrected chi connectivity index (χ0v) is 14.5. The van der Waals surface area contributed by atoms with Crippen LogP contribution in [-0.2, 0) is 4.79 Å². The SMILES string of the molecule is CCCCCCCCCCCCCCNC(=O)[C@H](N)CC. The third-order valence-corrected chi connectivity index (χ3v) is 4.11. The molecule has 0 aliphatic heterocycles. The quantitative estimate of drug-likeness (QED) is 0.436. The molecule has 0 bridgehead atoms. The van der Waals surface area contributed by atoms with Gasteiger partial charge in [0.1, 0.15) is 0 Å². The summed E-state index contributed by atoms with van der Waals surface area (Å²) in [7, 11) is 0. The second-order valence-electron chi connectivity index (χ2n) is 6.19. The standard InChI is InChI=1S/C18H38N2O/c1-3-5-6-7-8-9-10-11-12-13-14-15-16-20-18(21)17(19)4-2/h17H,3-16,19H2,1-2H3,(H,20,21)/t17-/m1/s1. The van der Waals surface area contributed by atoms with Crippen LogP contribution in [0, 0.1) is 0 Å². The number of nitrogens with one attached hydrogen (secondary N) is 1. The van der Waals surface area contributed by atoms with Crippen LogP contribution in [0.1, 0.15) is 97.3 Å². The van der Waals surface area contributed by atoms with E-state index in [0.29, 0.717) is 6.42 Å². The number of carbonyl (C=O) groups excluding carboxylic acids is 1. The molecule has 3 N–H and O–H groups in total. The van der Waals surface area contributed by atoms with Gasteiger partial charge in [-0.15, -0.1) is 0 Å². The van der Waals surface area contributed by atoms with Crippen LogP contribution >= 0.6 is 0 Å². The molecule has 0 aromatic rings. The van der Waals surface area contributed by atoms with E-state index in [0.717, 1.165) is 13.0 Å². The van der Waals surface area contributed by atoms with Crippen molar-refractivity contribution in [3.63, 3.8) is 0 Å². The Morgan fingerprint density at radius 1 is 0.810 bits per heavy atom. The summed E-state index contributed by atoms with van der Waals surface area (Å²) < 4.78 is 0. The van der Waals surface area contributed by atoms with E-state index in [-0.39, 0.29) is 11.9 Å². The molecule has 0 aromatic heterocycles. The van der Waals surface area contributed by atoms with E-state index >= 15 is 0 Å². The van der Waals surface area contributed by atoms with E-state index < -0.39 is 0 Å². The van der Waals surface area contributed by atoms with Gasteiger partial charge in [0.25, 0.3) is 0 Å². The highest BCUT2D eigenvalue weighted by Crippen LogP contribution is 2.11. The predicted octanol–water partition coefficient (Wildman–Crippen LogP) is 4.54.